The zero-order valence-corrected chi connectivity index (χ0v) is 25.3. The fraction of sp³-hybridized carbons (Fsp3) is 0.206. The summed E-state index contributed by atoms with van der Waals surface area (Å²) in [6.07, 6.45) is 0.150. The molecule has 0 fully saturated rings. The molecule has 1 aliphatic heterocycles. The predicted octanol–water partition coefficient (Wildman–Crippen LogP) is 5.97. The Morgan fingerprint density at radius 2 is 1.59 bits per heavy atom. The Kier molecular flexibility index (Phi) is 9.97. The lowest BCUT2D eigenvalue weighted by molar-refractivity contribution is -0.140. The van der Waals surface area contributed by atoms with Crippen LogP contribution in [0.4, 0.5) is 0 Å². The molecular formula is C34H30Cl2N2O6. The molecule has 0 unspecified atom stereocenters. The number of nitrogens with one attached hydrogen (secondary N) is 1. The maximum absolute atomic E-state index is 14.2. The molecule has 0 aliphatic carbocycles. The molecule has 0 aromatic heterocycles. The van der Waals surface area contributed by atoms with E-state index in [1.54, 1.807) is 66.7 Å². The van der Waals surface area contributed by atoms with Gasteiger partial charge in [-0.2, -0.15) is 0 Å². The van der Waals surface area contributed by atoms with Crippen LogP contribution in [0.5, 0.6) is 0 Å². The van der Waals surface area contributed by atoms with Crippen LogP contribution in [0, 0.1) is 0 Å². The van der Waals surface area contributed by atoms with Crippen LogP contribution in [0.25, 0.3) is 0 Å². The monoisotopic (exact) mass is 632 g/mol. The minimum absolute atomic E-state index is 0.0525. The standard InChI is InChI=1S/C34H30Cl2N2O6/c1-43-30(40)17-21-11-13-22(14-12-21)20-44-37-33(41)31-25-9-5-6-10-26(25)34(42)38(29(19-39)23-7-3-2-4-8-23)32(31)27-16-15-24(35)18-28(27)36/h2-16,18,29,31-32,39H,17,19-20H2,1H3,(H,37,41)/t29-,31-,32+/m1/s1. The van der Waals surface area contributed by atoms with Crippen molar-refractivity contribution in [1.82, 2.24) is 10.4 Å². The maximum Gasteiger partial charge on any atom is 0.309 e. The summed E-state index contributed by atoms with van der Waals surface area (Å²) < 4.78 is 4.71. The van der Waals surface area contributed by atoms with E-state index in [9.17, 15) is 19.5 Å². The van der Waals surface area contributed by atoms with Gasteiger partial charge in [0.05, 0.1) is 44.7 Å². The summed E-state index contributed by atoms with van der Waals surface area (Å²) in [5.74, 6) is -2.15. The number of amides is 2. The summed E-state index contributed by atoms with van der Waals surface area (Å²) in [5.41, 5.74) is 6.16. The first-order chi connectivity index (χ1) is 21.3. The SMILES string of the molecule is COC(=O)Cc1ccc(CONC(=O)[C@@H]2c3ccccc3C(=O)N([C@H](CO)c3ccccc3)[C@H]2c2ccc(Cl)cc2Cl)cc1. The number of fused-ring (bicyclic) bond motifs is 1. The highest BCUT2D eigenvalue weighted by atomic mass is 35.5. The van der Waals surface area contributed by atoms with Crippen LogP contribution in [0.2, 0.25) is 10.0 Å². The summed E-state index contributed by atoms with van der Waals surface area (Å²) in [6, 6.07) is 26.4. The van der Waals surface area contributed by atoms with Gasteiger partial charge in [-0.1, -0.05) is 102 Å². The van der Waals surface area contributed by atoms with Crippen LogP contribution >= 0.6 is 23.2 Å². The Bertz CT molecular complexity index is 1650. The number of hydrogen-bond donors (Lipinski definition) is 2. The minimum atomic E-state index is -0.956. The van der Waals surface area contributed by atoms with Gasteiger partial charge in [-0.15, -0.1) is 0 Å². The third-order valence-electron chi connectivity index (χ3n) is 7.64. The van der Waals surface area contributed by atoms with E-state index in [1.165, 1.54) is 12.0 Å². The van der Waals surface area contributed by atoms with E-state index >= 15 is 0 Å². The number of methoxy groups -OCH3 is 1. The van der Waals surface area contributed by atoms with Gasteiger partial charge in [-0.05, 0) is 46.0 Å². The highest BCUT2D eigenvalue weighted by molar-refractivity contribution is 6.35. The Hall–Kier alpha value is -4.21. The Morgan fingerprint density at radius 3 is 2.27 bits per heavy atom. The molecule has 5 rings (SSSR count). The van der Waals surface area contributed by atoms with Crippen molar-refractivity contribution >= 4 is 41.0 Å². The summed E-state index contributed by atoms with van der Waals surface area (Å²) in [7, 11) is 1.34. The highest BCUT2D eigenvalue weighted by Crippen LogP contribution is 2.48. The first kappa shape index (κ1) is 31.2. The molecule has 8 nitrogen and oxygen atoms in total. The van der Waals surface area contributed by atoms with Gasteiger partial charge in [0, 0.05) is 15.6 Å². The van der Waals surface area contributed by atoms with Gasteiger partial charge in [0.15, 0.2) is 0 Å². The normalized spacial score (nSPS) is 16.6. The number of rotatable bonds is 10. The zero-order chi connectivity index (χ0) is 31.2. The number of hydroxylamine groups is 1. The molecule has 0 bridgehead atoms. The molecule has 3 atom stereocenters. The molecule has 2 amide bonds. The molecule has 0 spiro atoms. The quantitative estimate of drug-likeness (QED) is 0.165. The van der Waals surface area contributed by atoms with Gasteiger partial charge >= 0.3 is 5.97 Å². The van der Waals surface area contributed by atoms with E-state index in [2.05, 4.69) is 5.48 Å². The largest absolute Gasteiger partial charge is 0.469 e. The number of halogens is 2. The number of aliphatic hydroxyl groups excluding tert-OH is 1. The number of ether oxygens (including phenoxy) is 1. The number of benzene rings is 4. The van der Waals surface area contributed by atoms with Crippen molar-refractivity contribution in [3.05, 3.63) is 140 Å². The highest BCUT2D eigenvalue weighted by Gasteiger charge is 2.47. The number of aliphatic hydroxyl groups is 1. The fourth-order valence-electron chi connectivity index (χ4n) is 5.53. The van der Waals surface area contributed by atoms with Gasteiger partial charge in [-0.25, -0.2) is 5.48 Å². The predicted molar refractivity (Wildman–Crippen MR) is 166 cm³/mol. The van der Waals surface area contributed by atoms with Gasteiger partial charge in [0.25, 0.3) is 11.8 Å². The van der Waals surface area contributed by atoms with Crippen molar-refractivity contribution in [3.63, 3.8) is 0 Å². The fourth-order valence-corrected chi connectivity index (χ4v) is 6.05. The van der Waals surface area contributed by atoms with Gasteiger partial charge in [0.1, 0.15) is 0 Å². The van der Waals surface area contributed by atoms with E-state index < -0.39 is 30.5 Å². The van der Waals surface area contributed by atoms with Crippen molar-refractivity contribution in [2.45, 2.75) is 31.0 Å². The second kappa shape index (κ2) is 14.1. The van der Waals surface area contributed by atoms with E-state index in [-0.39, 0.29) is 29.9 Å². The molecule has 10 heteroatoms. The molecule has 1 aliphatic rings. The van der Waals surface area contributed by atoms with Crippen LogP contribution in [0.15, 0.2) is 97.1 Å². The number of esters is 1. The van der Waals surface area contributed by atoms with Crippen LogP contribution in [0.1, 0.15) is 56.2 Å². The molecule has 0 saturated carbocycles. The summed E-state index contributed by atoms with van der Waals surface area (Å²) >= 11 is 13.0. The topological polar surface area (TPSA) is 105 Å². The van der Waals surface area contributed by atoms with Crippen LogP contribution < -0.4 is 5.48 Å². The lowest BCUT2D eigenvalue weighted by atomic mass is 9.78. The van der Waals surface area contributed by atoms with Crippen LogP contribution in [-0.4, -0.2) is 41.5 Å². The Labute approximate surface area is 265 Å². The molecule has 4 aromatic rings. The van der Waals surface area contributed by atoms with Crippen molar-refractivity contribution in [1.29, 1.82) is 0 Å². The third-order valence-corrected chi connectivity index (χ3v) is 8.21. The molecule has 4 aromatic carbocycles. The maximum atomic E-state index is 14.2. The van der Waals surface area contributed by atoms with Gasteiger partial charge in [-0.3, -0.25) is 19.2 Å². The molecule has 1 heterocycles. The zero-order valence-electron chi connectivity index (χ0n) is 23.8. The van der Waals surface area contributed by atoms with E-state index in [4.69, 9.17) is 32.8 Å². The second-order valence-corrected chi connectivity index (χ2v) is 11.2. The first-order valence-corrected chi connectivity index (χ1v) is 14.7. The molecule has 2 N–H and O–H groups in total. The molecule has 44 heavy (non-hydrogen) atoms. The van der Waals surface area contributed by atoms with E-state index in [1.807, 2.05) is 30.3 Å². The summed E-state index contributed by atoms with van der Waals surface area (Å²) in [4.78, 5) is 47.0. The lowest BCUT2D eigenvalue weighted by Crippen LogP contribution is -2.49. The number of nitrogens with zero attached hydrogens (tertiary/aromatic N) is 1. The number of carbonyl (C=O) groups is 3. The van der Waals surface area contributed by atoms with E-state index in [0.717, 1.165) is 11.1 Å². The summed E-state index contributed by atoms with van der Waals surface area (Å²) in [5, 5.41) is 11.3. The molecule has 226 valence electrons. The number of hydrogen-bond acceptors (Lipinski definition) is 6. The van der Waals surface area contributed by atoms with Gasteiger partial charge in [0.2, 0.25) is 0 Å². The van der Waals surface area contributed by atoms with Gasteiger partial charge < -0.3 is 14.7 Å². The van der Waals surface area contributed by atoms with E-state index in [0.29, 0.717) is 27.3 Å². The molecule has 0 radical (unpaired) electrons. The Morgan fingerprint density at radius 1 is 0.909 bits per heavy atom. The third kappa shape index (κ3) is 6.64. The van der Waals surface area contributed by atoms with Crippen molar-refractivity contribution in [2.75, 3.05) is 13.7 Å². The van der Waals surface area contributed by atoms with Crippen LogP contribution in [-0.2, 0) is 32.2 Å². The van der Waals surface area contributed by atoms with Crippen molar-refractivity contribution in [3.8, 4) is 0 Å². The Balaban J connectivity index is 1.50. The average Bonchev–Trinajstić information content (AvgIpc) is 3.03. The molecule has 0 saturated heterocycles. The van der Waals surface area contributed by atoms with Crippen molar-refractivity contribution in [2.24, 2.45) is 0 Å². The smallest absolute Gasteiger partial charge is 0.309 e. The molecular weight excluding hydrogens is 603 g/mol. The minimum Gasteiger partial charge on any atom is -0.469 e. The van der Waals surface area contributed by atoms with Crippen LogP contribution in [0.3, 0.4) is 0 Å². The second-order valence-electron chi connectivity index (χ2n) is 10.3. The average molecular weight is 634 g/mol. The first-order valence-electron chi connectivity index (χ1n) is 13.9. The summed E-state index contributed by atoms with van der Waals surface area (Å²) in [6.45, 7) is -0.340. The van der Waals surface area contributed by atoms with Crippen molar-refractivity contribution < 1.29 is 29.1 Å². The lowest BCUT2D eigenvalue weighted by Gasteiger charge is -2.45. The number of carbonyl (C=O) groups excluding carboxylic acids is 3.